The van der Waals surface area contributed by atoms with Crippen molar-refractivity contribution in [2.75, 3.05) is 13.1 Å². The van der Waals surface area contributed by atoms with E-state index in [2.05, 4.69) is 4.90 Å². The van der Waals surface area contributed by atoms with E-state index in [9.17, 15) is 9.90 Å². The zero-order chi connectivity index (χ0) is 17.4. The van der Waals surface area contributed by atoms with Crippen LogP contribution in [0.5, 0.6) is 5.75 Å². The van der Waals surface area contributed by atoms with Gasteiger partial charge in [-0.15, -0.1) is 0 Å². The lowest BCUT2D eigenvalue weighted by molar-refractivity contribution is 0.324. The molecule has 0 saturated carbocycles. The van der Waals surface area contributed by atoms with Crippen molar-refractivity contribution in [2.24, 2.45) is 0 Å². The van der Waals surface area contributed by atoms with Gasteiger partial charge in [0, 0.05) is 29.1 Å². The summed E-state index contributed by atoms with van der Waals surface area (Å²) in [7, 11) is 0. The highest BCUT2D eigenvalue weighted by atomic mass is 16.4. The first-order chi connectivity index (χ1) is 12.1. The molecule has 1 fully saturated rings. The van der Waals surface area contributed by atoms with Crippen LogP contribution in [-0.2, 0) is 6.54 Å². The lowest BCUT2D eigenvalue weighted by atomic mass is 9.97. The van der Waals surface area contributed by atoms with Gasteiger partial charge in [-0.1, -0.05) is 30.3 Å². The predicted octanol–water partition coefficient (Wildman–Crippen LogP) is 4.07. The minimum Gasteiger partial charge on any atom is -0.507 e. The van der Waals surface area contributed by atoms with Crippen molar-refractivity contribution in [3.63, 3.8) is 0 Å². The van der Waals surface area contributed by atoms with E-state index in [0.717, 1.165) is 41.7 Å². The molecule has 0 unspecified atom stereocenters. The maximum absolute atomic E-state index is 12.0. The number of rotatable bonds is 3. The largest absolute Gasteiger partial charge is 0.507 e. The number of likely N-dealkylation sites (tertiary alicyclic amines) is 1. The Labute approximate surface area is 146 Å². The molecule has 4 nitrogen and oxygen atoms in total. The molecule has 4 rings (SSSR count). The summed E-state index contributed by atoms with van der Waals surface area (Å²) < 4.78 is 5.43. The Morgan fingerprint density at radius 3 is 2.56 bits per heavy atom. The SMILES string of the molecule is Cc1c(O)c(CN2CCCC2)cc2c(-c3ccccc3)cc(=O)oc12. The highest BCUT2D eigenvalue weighted by Crippen LogP contribution is 2.36. The van der Waals surface area contributed by atoms with Gasteiger partial charge in [0.2, 0.25) is 0 Å². The molecule has 1 aromatic heterocycles. The molecule has 128 valence electrons. The fourth-order valence-electron chi connectivity index (χ4n) is 3.67. The zero-order valence-electron chi connectivity index (χ0n) is 14.3. The third kappa shape index (κ3) is 2.94. The molecule has 0 atom stereocenters. The first-order valence-corrected chi connectivity index (χ1v) is 8.70. The lowest BCUT2D eigenvalue weighted by Crippen LogP contribution is -2.18. The molecule has 1 aliphatic heterocycles. The van der Waals surface area contributed by atoms with Gasteiger partial charge in [-0.2, -0.15) is 0 Å². The molecule has 3 aromatic rings. The second-order valence-corrected chi connectivity index (χ2v) is 6.71. The summed E-state index contributed by atoms with van der Waals surface area (Å²) in [5.41, 5.74) is 3.39. The predicted molar refractivity (Wildman–Crippen MR) is 98.8 cm³/mol. The molecule has 1 saturated heterocycles. The summed E-state index contributed by atoms with van der Waals surface area (Å²) in [4.78, 5) is 14.4. The monoisotopic (exact) mass is 335 g/mol. The molecule has 0 amide bonds. The summed E-state index contributed by atoms with van der Waals surface area (Å²) in [6.07, 6.45) is 2.41. The van der Waals surface area contributed by atoms with Crippen LogP contribution in [0.3, 0.4) is 0 Å². The number of phenolic OH excluding ortho intramolecular Hbond substituents is 1. The molecule has 2 heterocycles. The van der Waals surface area contributed by atoms with Gasteiger partial charge in [-0.05, 0) is 50.0 Å². The molecule has 0 spiro atoms. The third-order valence-corrected chi connectivity index (χ3v) is 5.00. The van der Waals surface area contributed by atoms with E-state index in [-0.39, 0.29) is 5.75 Å². The van der Waals surface area contributed by atoms with Crippen molar-refractivity contribution in [2.45, 2.75) is 26.3 Å². The van der Waals surface area contributed by atoms with Crippen LogP contribution >= 0.6 is 0 Å². The number of benzene rings is 2. The molecule has 25 heavy (non-hydrogen) atoms. The molecule has 0 aliphatic carbocycles. The number of nitrogens with zero attached hydrogens (tertiary/aromatic N) is 1. The second-order valence-electron chi connectivity index (χ2n) is 6.71. The maximum Gasteiger partial charge on any atom is 0.336 e. The van der Waals surface area contributed by atoms with Crippen molar-refractivity contribution < 1.29 is 9.52 Å². The van der Waals surface area contributed by atoms with Crippen molar-refractivity contribution in [1.29, 1.82) is 0 Å². The summed E-state index contributed by atoms with van der Waals surface area (Å²) in [5.74, 6) is 0.229. The van der Waals surface area contributed by atoms with Gasteiger partial charge < -0.3 is 9.52 Å². The first-order valence-electron chi connectivity index (χ1n) is 8.70. The van der Waals surface area contributed by atoms with Gasteiger partial charge in [-0.3, -0.25) is 4.90 Å². The summed E-state index contributed by atoms with van der Waals surface area (Å²) in [5, 5.41) is 11.5. The Kier molecular flexibility index (Phi) is 4.06. The normalized spacial score (nSPS) is 15.1. The number of aromatic hydroxyl groups is 1. The Morgan fingerprint density at radius 2 is 1.84 bits per heavy atom. The molecule has 4 heteroatoms. The highest BCUT2D eigenvalue weighted by Gasteiger charge is 2.19. The third-order valence-electron chi connectivity index (χ3n) is 5.00. The Balaban J connectivity index is 1.93. The average molecular weight is 335 g/mol. The van der Waals surface area contributed by atoms with Crippen LogP contribution in [0.1, 0.15) is 24.0 Å². The van der Waals surface area contributed by atoms with Gasteiger partial charge in [0.05, 0.1) is 0 Å². The Bertz CT molecular complexity index is 970. The minimum absolute atomic E-state index is 0.229. The smallest absolute Gasteiger partial charge is 0.336 e. The van der Waals surface area contributed by atoms with Crippen LogP contribution in [0.15, 0.2) is 51.7 Å². The zero-order valence-corrected chi connectivity index (χ0v) is 14.3. The Hall–Kier alpha value is -2.59. The van der Waals surface area contributed by atoms with Crippen molar-refractivity contribution in [1.82, 2.24) is 4.90 Å². The molecule has 1 N–H and O–H groups in total. The number of fused-ring (bicyclic) bond motifs is 1. The second kappa shape index (κ2) is 6.37. The van der Waals surface area contributed by atoms with Crippen molar-refractivity contribution in [3.05, 3.63) is 64.0 Å². The quantitative estimate of drug-likeness (QED) is 0.733. The number of hydrogen-bond acceptors (Lipinski definition) is 4. The van der Waals surface area contributed by atoms with E-state index >= 15 is 0 Å². The minimum atomic E-state index is -0.402. The van der Waals surface area contributed by atoms with E-state index < -0.39 is 5.63 Å². The fourth-order valence-corrected chi connectivity index (χ4v) is 3.67. The molecular formula is C21H21NO3. The number of phenols is 1. The van der Waals surface area contributed by atoms with Gasteiger partial charge >= 0.3 is 5.63 Å². The average Bonchev–Trinajstić information content (AvgIpc) is 3.13. The van der Waals surface area contributed by atoms with Crippen LogP contribution in [0.2, 0.25) is 0 Å². The summed E-state index contributed by atoms with van der Waals surface area (Å²) in [6.45, 7) is 4.65. The van der Waals surface area contributed by atoms with E-state index in [1.165, 1.54) is 18.9 Å². The molecule has 0 radical (unpaired) electrons. The van der Waals surface area contributed by atoms with E-state index in [1.807, 2.05) is 43.3 Å². The lowest BCUT2D eigenvalue weighted by Gasteiger charge is -2.18. The van der Waals surface area contributed by atoms with Crippen molar-refractivity contribution in [3.8, 4) is 16.9 Å². The van der Waals surface area contributed by atoms with E-state index in [4.69, 9.17) is 4.42 Å². The first kappa shape index (κ1) is 15.9. The van der Waals surface area contributed by atoms with E-state index in [1.54, 1.807) is 0 Å². The van der Waals surface area contributed by atoms with Gasteiger partial charge in [0.1, 0.15) is 11.3 Å². The fraction of sp³-hybridized carbons (Fsp3) is 0.286. The van der Waals surface area contributed by atoms with Crippen LogP contribution in [0, 0.1) is 6.92 Å². The van der Waals surface area contributed by atoms with Crippen LogP contribution < -0.4 is 5.63 Å². The molecule has 2 aromatic carbocycles. The summed E-state index contributed by atoms with van der Waals surface area (Å²) in [6, 6.07) is 13.3. The Morgan fingerprint density at radius 1 is 1.12 bits per heavy atom. The standard InChI is InChI=1S/C21H21NO3/c1-14-20(24)16(13-22-9-5-6-10-22)11-18-17(12-19(23)25-21(14)18)15-7-3-2-4-8-15/h2-4,7-8,11-12,24H,5-6,9-10,13H2,1H3. The topological polar surface area (TPSA) is 53.7 Å². The molecule has 1 aliphatic rings. The van der Waals surface area contributed by atoms with Gasteiger partial charge in [0.15, 0.2) is 0 Å². The van der Waals surface area contributed by atoms with Gasteiger partial charge in [-0.25, -0.2) is 4.79 Å². The number of hydrogen-bond donors (Lipinski definition) is 1. The van der Waals surface area contributed by atoms with Crippen LogP contribution in [0.4, 0.5) is 0 Å². The van der Waals surface area contributed by atoms with Crippen molar-refractivity contribution >= 4 is 11.0 Å². The maximum atomic E-state index is 12.0. The van der Waals surface area contributed by atoms with Gasteiger partial charge in [0.25, 0.3) is 0 Å². The molecule has 0 bridgehead atoms. The highest BCUT2D eigenvalue weighted by molar-refractivity contribution is 5.96. The van der Waals surface area contributed by atoms with E-state index in [0.29, 0.717) is 11.1 Å². The molecular weight excluding hydrogens is 314 g/mol. The number of aryl methyl sites for hydroxylation is 1. The summed E-state index contributed by atoms with van der Waals surface area (Å²) >= 11 is 0. The van der Waals surface area contributed by atoms with Crippen LogP contribution in [0.25, 0.3) is 22.1 Å². The van der Waals surface area contributed by atoms with Crippen LogP contribution in [-0.4, -0.2) is 23.1 Å².